The first-order valence-electron chi connectivity index (χ1n) is 6.52. The average Bonchev–Trinajstić information content (AvgIpc) is 1.92. The van der Waals surface area contributed by atoms with E-state index < -0.39 is 0 Å². The van der Waals surface area contributed by atoms with E-state index in [1.54, 1.807) is 0 Å². The van der Waals surface area contributed by atoms with Gasteiger partial charge in [0, 0.05) is 9.15 Å². The second-order valence-corrected chi connectivity index (χ2v) is 10.9. The molecule has 4 aliphatic carbocycles. The van der Waals surface area contributed by atoms with Crippen LogP contribution in [0.2, 0.25) is 0 Å². The van der Waals surface area contributed by atoms with Gasteiger partial charge in [-0.15, -0.1) is 0 Å². The summed E-state index contributed by atoms with van der Waals surface area (Å²) in [5, 5.41) is 0. The molecule has 0 nitrogen and oxygen atoms in total. The standard InChI is InChI=1S/C14H22Br2/c1-10(15)13-5-11(2)4-12(3,6-13)8-14(16,7-11)9-13/h10H,4-9H2,1-3H3/t10-,11-,12+,13?,14?/m1/s1. The van der Waals surface area contributed by atoms with Gasteiger partial charge in [-0.05, 0) is 54.8 Å². The first kappa shape index (κ1) is 12.0. The molecule has 5 atom stereocenters. The van der Waals surface area contributed by atoms with Gasteiger partial charge in [0.1, 0.15) is 0 Å². The fourth-order valence-electron chi connectivity index (χ4n) is 6.06. The Labute approximate surface area is 116 Å². The lowest BCUT2D eigenvalue weighted by Crippen LogP contribution is -2.62. The summed E-state index contributed by atoms with van der Waals surface area (Å²) in [5.74, 6) is 0. The van der Waals surface area contributed by atoms with Crippen molar-refractivity contribution in [3.8, 4) is 0 Å². The Bertz CT molecular complexity index is 280. The third-order valence-electron chi connectivity index (χ3n) is 5.41. The third-order valence-corrected chi connectivity index (χ3v) is 7.22. The minimum atomic E-state index is 0.452. The Morgan fingerprint density at radius 2 is 1.38 bits per heavy atom. The maximum atomic E-state index is 4.11. The SMILES string of the molecule is C[C@@H](Br)C12CC3(Br)C[C@@](C)(C1)C[C@](C)(C3)C2. The molecule has 0 saturated heterocycles. The summed E-state index contributed by atoms with van der Waals surface area (Å²) in [6.45, 7) is 7.43. The predicted molar refractivity (Wildman–Crippen MR) is 76.4 cm³/mol. The van der Waals surface area contributed by atoms with Crippen LogP contribution < -0.4 is 0 Å². The van der Waals surface area contributed by atoms with Crippen LogP contribution in [0.3, 0.4) is 0 Å². The highest BCUT2D eigenvalue weighted by atomic mass is 79.9. The van der Waals surface area contributed by atoms with E-state index >= 15 is 0 Å². The van der Waals surface area contributed by atoms with E-state index in [0.29, 0.717) is 25.4 Å². The number of hydrogen-bond donors (Lipinski definition) is 0. The Kier molecular flexibility index (Phi) is 2.33. The molecule has 16 heavy (non-hydrogen) atoms. The van der Waals surface area contributed by atoms with Crippen LogP contribution in [0.5, 0.6) is 0 Å². The van der Waals surface area contributed by atoms with Crippen molar-refractivity contribution in [3.05, 3.63) is 0 Å². The molecule has 0 aromatic carbocycles. The molecular formula is C14H22Br2. The second kappa shape index (κ2) is 3.10. The Morgan fingerprint density at radius 1 is 0.875 bits per heavy atom. The van der Waals surface area contributed by atoms with Gasteiger partial charge in [-0.3, -0.25) is 0 Å². The predicted octanol–water partition coefficient (Wildman–Crippen LogP) is 5.28. The van der Waals surface area contributed by atoms with Crippen LogP contribution in [0.4, 0.5) is 0 Å². The van der Waals surface area contributed by atoms with Crippen LogP contribution in [0.25, 0.3) is 0 Å². The molecule has 4 aliphatic rings. The largest absolute Gasteiger partial charge is 0.0888 e. The van der Waals surface area contributed by atoms with Crippen LogP contribution in [-0.2, 0) is 0 Å². The van der Waals surface area contributed by atoms with Crippen molar-refractivity contribution in [1.82, 2.24) is 0 Å². The highest BCUT2D eigenvalue weighted by Gasteiger charge is 2.65. The Balaban J connectivity index is 2.07. The molecule has 0 N–H and O–H groups in total. The van der Waals surface area contributed by atoms with E-state index in [4.69, 9.17) is 0 Å². The van der Waals surface area contributed by atoms with Crippen molar-refractivity contribution in [2.45, 2.75) is 68.4 Å². The lowest BCUT2D eigenvalue weighted by molar-refractivity contribution is -0.127. The lowest BCUT2D eigenvalue weighted by atomic mass is 9.40. The Hall–Kier alpha value is 0.960. The van der Waals surface area contributed by atoms with Gasteiger partial charge in [0.15, 0.2) is 0 Å². The van der Waals surface area contributed by atoms with Crippen molar-refractivity contribution >= 4 is 31.9 Å². The molecular weight excluding hydrogens is 328 g/mol. The fourth-order valence-corrected chi connectivity index (χ4v) is 8.46. The van der Waals surface area contributed by atoms with E-state index in [-0.39, 0.29) is 0 Å². The monoisotopic (exact) mass is 348 g/mol. The molecule has 4 bridgehead atoms. The fraction of sp³-hybridized carbons (Fsp3) is 1.00. The average molecular weight is 350 g/mol. The smallest absolute Gasteiger partial charge is 0.0274 e. The van der Waals surface area contributed by atoms with Crippen molar-refractivity contribution in [3.63, 3.8) is 0 Å². The summed E-state index contributed by atoms with van der Waals surface area (Å²) in [5.41, 5.74) is 1.74. The molecule has 2 unspecified atom stereocenters. The molecule has 4 fully saturated rings. The highest BCUT2D eigenvalue weighted by molar-refractivity contribution is 9.10. The number of hydrogen-bond acceptors (Lipinski definition) is 0. The summed E-state index contributed by atoms with van der Waals surface area (Å²) in [6.07, 6.45) is 8.52. The van der Waals surface area contributed by atoms with Gasteiger partial charge in [0.25, 0.3) is 0 Å². The molecule has 0 amide bonds. The van der Waals surface area contributed by atoms with Crippen LogP contribution in [0.1, 0.15) is 59.3 Å². The molecule has 2 heteroatoms. The highest BCUT2D eigenvalue weighted by Crippen LogP contribution is 2.74. The summed E-state index contributed by atoms with van der Waals surface area (Å²) in [7, 11) is 0. The zero-order chi connectivity index (χ0) is 11.8. The summed E-state index contributed by atoms with van der Waals surface area (Å²) < 4.78 is 0.452. The van der Waals surface area contributed by atoms with E-state index in [2.05, 4.69) is 52.6 Å². The molecule has 4 saturated carbocycles. The van der Waals surface area contributed by atoms with Gasteiger partial charge < -0.3 is 0 Å². The number of alkyl halides is 2. The Morgan fingerprint density at radius 3 is 1.75 bits per heavy atom. The van der Waals surface area contributed by atoms with Gasteiger partial charge >= 0.3 is 0 Å². The maximum absolute atomic E-state index is 4.11. The normalized spacial score (nSPS) is 61.3. The van der Waals surface area contributed by atoms with E-state index in [9.17, 15) is 0 Å². The molecule has 0 aliphatic heterocycles. The molecule has 0 radical (unpaired) electrons. The van der Waals surface area contributed by atoms with Crippen LogP contribution in [0.15, 0.2) is 0 Å². The molecule has 92 valence electrons. The summed E-state index contributed by atoms with van der Waals surface area (Å²) in [6, 6.07) is 0. The number of rotatable bonds is 1. The molecule has 0 aromatic heterocycles. The molecule has 4 rings (SSSR count). The molecule has 0 heterocycles. The van der Waals surface area contributed by atoms with E-state index in [0.717, 1.165) is 0 Å². The van der Waals surface area contributed by atoms with Crippen LogP contribution in [0, 0.1) is 16.2 Å². The molecule has 0 spiro atoms. The third kappa shape index (κ3) is 1.58. The topological polar surface area (TPSA) is 0 Å². The first-order valence-corrected chi connectivity index (χ1v) is 8.22. The summed E-state index contributed by atoms with van der Waals surface area (Å²) in [4.78, 5) is 0.663. The van der Waals surface area contributed by atoms with Crippen molar-refractivity contribution < 1.29 is 0 Å². The van der Waals surface area contributed by atoms with Gasteiger partial charge in [-0.25, -0.2) is 0 Å². The first-order chi connectivity index (χ1) is 7.19. The minimum Gasteiger partial charge on any atom is -0.0888 e. The van der Waals surface area contributed by atoms with Crippen molar-refractivity contribution in [1.29, 1.82) is 0 Å². The van der Waals surface area contributed by atoms with Crippen molar-refractivity contribution in [2.24, 2.45) is 16.2 Å². The molecule has 0 aromatic rings. The number of halogens is 2. The minimum absolute atomic E-state index is 0.452. The second-order valence-electron chi connectivity index (χ2n) is 7.81. The zero-order valence-corrected chi connectivity index (χ0v) is 13.7. The van der Waals surface area contributed by atoms with E-state index in [1.807, 2.05) is 0 Å². The quantitative estimate of drug-likeness (QED) is 0.564. The summed E-state index contributed by atoms with van der Waals surface area (Å²) >= 11 is 8.02. The zero-order valence-electron chi connectivity index (χ0n) is 10.6. The van der Waals surface area contributed by atoms with Gasteiger partial charge in [0.05, 0.1) is 0 Å². The van der Waals surface area contributed by atoms with Gasteiger partial charge in [-0.2, -0.15) is 0 Å². The van der Waals surface area contributed by atoms with Crippen LogP contribution in [-0.4, -0.2) is 9.15 Å². The maximum Gasteiger partial charge on any atom is 0.0274 e. The lowest BCUT2D eigenvalue weighted by Gasteiger charge is -2.69. The van der Waals surface area contributed by atoms with Gasteiger partial charge in [-0.1, -0.05) is 52.6 Å². The van der Waals surface area contributed by atoms with Gasteiger partial charge in [0.2, 0.25) is 0 Å². The van der Waals surface area contributed by atoms with E-state index in [1.165, 1.54) is 38.5 Å². The van der Waals surface area contributed by atoms with Crippen molar-refractivity contribution in [2.75, 3.05) is 0 Å². The van der Waals surface area contributed by atoms with Crippen LogP contribution >= 0.6 is 31.9 Å².